The summed E-state index contributed by atoms with van der Waals surface area (Å²) in [7, 11) is 0. The minimum absolute atomic E-state index is 0.0163. The van der Waals surface area contributed by atoms with Crippen molar-refractivity contribution >= 4 is 5.57 Å². The Balaban J connectivity index is 1.18. The monoisotopic (exact) mass is 441 g/mol. The molecule has 5 aliphatic carbocycles. The molecule has 5 fully saturated rings. The van der Waals surface area contributed by atoms with Crippen LogP contribution in [0.1, 0.15) is 82.4 Å². The second kappa shape index (κ2) is 8.29. The van der Waals surface area contributed by atoms with Crippen molar-refractivity contribution in [3.8, 4) is 16.9 Å². The number of hydrogen-bond acceptors (Lipinski definition) is 2. The average Bonchev–Trinajstić information content (AvgIpc) is 2.84. The lowest BCUT2D eigenvalue weighted by Crippen LogP contribution is -2.59. The predicted molar refractivity (Wildman–Crippen MR) is 136 cm³/mol. The Labute approximate surface area is 199 Å². The normalized spacial score (nSPS) is 33.3. The Morgan fingerprint density at radius 2 is 1.58 bits per heavy atom. The van der Waals surface area contributed by atoms with Gasteiger partial charge in [-0.1, -0.05) is 38.0 Å². The van der Waals surface area contributed by atoms with E-state index in [0.29, 0.717) is 5.92 Å². The molecule has 174 valence electrons. The standard InChI is InChI=1S/C31H39NO/c1-20-13-25(26-9-11-29(32-19-26)21(2)24-7-5-4-6-8-24)10-12-30(20)33-31(3)27-15-22-14-23(17-27)18-28(31)16-22/h9-13,19,22-24,27-28H,2,4-8,14-18H2,1,3H3. The Morgan fingerprint density at radius 1 is 0.909 bits per heavy atom. The van der Waals surface area contributed by atoms with Gasteiger partial charge >= 0.3 is 0 Å². The van der Waals surface area contributed by atoms with Crippen molar-refractivity contribution in [2.45, 2.75) is 83.7 Å². The van der Waals surface area contributed by atoms with E-state index in [2.05, 4.69) is 50.8 Å². The molecular formula is C31H39NO. The fourth-order valence-corrected chi connectivity index (χ4v) is 7.88. The van der Waals surface area contributed by atoms with E-state index in [1.807, 2.05) is 6.20 Å². The molecule has 2 aromatic rings. The summed E-state index contributed by atoms with van der Waals surface area (Å²) in [5, 5.41) is 0. The minimum atomic E-state index is 0.0163. The molecule has 0 amide bonds. The lowest BCUT2D eigenvalue weighted by molar-refractivity contribution is -0.145. The first kappa shape index (κ1) is 21.4. The first-order valence-corrected chi connectivity index (χ1v) is 13.4. The van der Waals surface area contributed by atoms with Crippen LogP contribution < -0.4 is 4.74 Å². The van der Waals surface area contributed by atoms with E-state index in [0.717, 1.165) is 35.1 Å². The number of aryl methyl sites for hydroxylation is 1. The van der Waals surface area contributed by atoms with Crippen LogP contribution in [0, 0.1) is 36.5 Å². The van der Waals surface area contributed by atoms with Crippen LogP contribution >= 0.6 is 0 Å². The molecule has 4 bridgehead atoms. The van der Waals surface area contributed by atoms with E-state index < -0.39 is 0 Å². The second-order valence-electron chi connectivity index (χ2n) is 11.9. The molecule has 7 rings (SSSR count). The summed E-state index contributed by atoms with van der Waals surface area (Å²) < 4.78 is 6.89. The van der Waals surface area contributed by atoms with Crippen molar-refractivity contribution in [2.75, 3.05) is 0 Å². The van der Waals surface area contributed by atoms with Gasteiger partial charge in [-0.2, -0.15) is 0 Å². The van der Waals surface area contributed by atoms with Gasteiger partial charge in [0.25, 0.3) is 0 Å². The van der Waals surface area contributed by atoms with E-state index >= 15 is 0 Å². The molecule has 33 heavy (non-hydrogen) atoms. The molecule has 5 saturated carbocycles. The first-order chi connectivity index (χ1) is 16.0. The molecule has 1 aromatic heterocycles. The average molecular weight is 442 g/mol. The molecule has 0 spiro atoms. The Hall–Kier alpha value is -2.09. The number of ether oxygens (including phenoxy) is 1. The van der Waals surface area contributed by atoms with Crippen molar-refractivity contribution in [3.05, 3.63) is 54.4 Å². The maximum atomic E-state index is 6.89. The number of nitrogens with zero attached hydrogens (tertiary/aromatic N) is 1. The van der Waals surface area contributed by atoms with Crippen LogP contribution in [0.5, 0.6) is 5.75 Å². The number of allylic oxidation sites excluding steroid dienone is 1. The molecule has 1 aromatic carbocycles. The SMILES string of the molecule is C=C(c1ccc(-c2ccc(OC3(C)C4CC5CC(C4)CC3C5)c(C)c2)cn1)C1CCCCC1. The highest BCUT2D eigenvalue weighted by Gasteiger charge is 2.56. The van der Waals surface area contributed by atoms with Crippen LogP contribution in [-0.4, -0.2) is 10.6 Å². The van der Waals surface area contributed by atoms with Gasteiger partial charge in [-0.05, 0) is 123 Å². The molecule has 2 heteroatoms. The lowest BCUT2D eigenvalue weighted by atomic mass is 9.50. The van der Waals surface area contributed by atoms with E-state index in [4.69, 9.17) is 9.72 Å². The van der Waals surface area contributed by atoms with Gasteiger partial charge < -0.3 is 4.74 Å². The molecule has 2 nitrogen and oxygen atoms in total. The van der Waals surface area contributed by atoms with E-state index in [1.165, 1.54) is 86.5 Å². The molecule has 0 atom stereocenters. The molecule has 1 heterocycles. The van der Waals surface area contributed by atoms with Gasteiger partial charge in [0.1, 0.15) is 11.4 Å². The van der Waals surface area contributed by atoms with Crippen molar-refractivity contribution in [1.29, 1.82) is 0 Å². The number of aromatic nitrogens is 1. The predicted octanol–water partition coefficient (Wildman–Crippen LogP) is 8.24. The fourth-order valence-electron chi connectivity index (χ4n) is 7.88. The summed E-state index contributed by atoms with van der Waals surface area (Å²) in [4.78, 5) is 4.81. The van der Waals surface area contributed by atoms with Gasteiger partial charge in [0, 0.05) is 11.8 Å². The highest BCUT2D eigenvalue weighted by atomic mass is 16.5. The van der Waals surface area contributed by atoms with Gasteiger partial charge in [-0.15, -0.1) is 0 Å². The quantitative estimate of drug-likeness (QED) is 0.466. The van der Waals surface area contributed by atoms with Crippen LogP contribution in [0.15, 0.2) is 43.1 Å². The lowest BCUT2D eigenvalue weighted by Gasteiger charge is -2.59. The van der Waals surface area contributed by atoms with Gasteiger partial charge in [-0.3, -0.25) is 4.98 Å². The molecule has 0 N–H and O–H groups in total. The zero-order chi connectivity index (χ0) is 22.6. The topological polar surface area (TPSA) is 22.1 Å². The third kappa shape index (κ3) is 3.84. The summed E-state index contributed by atoms with van der Waals surface area (Å²) >= 11 is 0. The summed E-state index contributed by atoms with van der Waals surface area (Å²) in [6, 6.07) is 11.1. The van der Waals surface area contributed by atoms with Gasteiger partial charge in [0.05, 0.1) is 5.69 Å². The van der Waals surface area contributed by atoms with Crippen molar-refractivity contribution < 1.29 is 4.74 Å². The first-order valence-electron chi connectivity index (χ1n) is 13.4. The Bertz CT molecular complexity index is 1000. The highest BCUT2D eigenvalue weighted by molar-refractivity contribution is 5.68. The zero-order valence-electron chi connectivity index (χ0n) is 20.5. The maximum absolute atomic E-state index is 6.89. The van der Waals surface area contributed by atoms with E-state index in [1.54, 1.807) is 0 Å². The molecule has 0 saturated heterocycles. The molecule has 0 unspecified atom stereocenters. The number of pyridine rings is 1. The largest absolute Gasteiger partial charge is 0.487 e. The number of hydrogen-bond donors (Lipinski definition) is 0. The summed E-state index contributed by atoms with van der Waals surface area (Å²) in [5.74, 6) is 5.10. The highest BCUT2D eigenvalue weighted by Crippen LogP contribution is 2.59. The zero-order valence-corrected chi connectivity index (χ0v) is 20.5. The van der Waals surface area contributed by atoms with E-state index in [-0.39, 0.29) is 5.60 Å². The Morgan fingerprint density at radius 3 is 2.18 bits per heavy atom. The van der Waals surface area contributed by atoms with Crippen molar-refractivity contribution in [2.24, 2.45) is 29.6 Å². The second-order valence-corrected chi connectivity index (χ2v) is 11.9. The third-order valence-corrected chi connectivity index (χ3v) is 9.79. The summed E-state index contributed by atoms with van der Waals surface area (Å²) in [6.45, 7) is 9.00. The van der Waals surface area contributed by atoms with Gasteiger partial charge in [0.15, 0.2) is 0 Å². The van der Waals surface area contributed by atoms with E-state index in [9.17, 15) is 0 Å². The fraction of sp³-hybridized carbons (Fsp3) is 0.581. The number of benzene rings is 1. The number of rotatable bonds is 5. The van der Waals surface area contributed by atoms with Crippen LogP contribution in [0.4, 0.5) is 0 Å². The van der Waals surface area contributed by atoms with Gasteiger partial charge in [0.2, 0.25) is 0 Å². The van der Waals surface area contributed by atoms with Crippen molar-refractivity contribution in [1.82, 2.24) is 4.98 Å². The molecule has 5 aliphatic rings. The molecule has 0 aliphatic heterocycles. The Kier molecular flexibility index (Phi) is 5.39. The smallest absolute Gasteiger partial charge is 0.123 e. The maximum Gasteiger partial charge on any atom is 0.123 e. The summed E-state index contributed by atoms with van der Waals surface area (Å²) in [6.07, 6.45) is 15.6. The third-order valence-electron chi connectivity index (χ3n) is 9.79. The molecule has 0 radical (unpaired) electrons. The van der Waals surface area contributed by atoms with Crippen LogP contribution in [-0.2, 0) is 0 Å². The van der Waals surface area contributed by atoms with Crippen LogP contribution in [0.3, 0.4) is 0 Å². The molecular weight excluding hydrogens is 402 g/mol. The van der Waals surface area contributed by atoms with Gasteiger partial charge in [-0.25, -0.2) is 0 Å². The summed E-state index contributed by atoms with van der Waals surface area (Å²) in [5.41, 5.74) is 5.94. The minimum Gasteiger partial charge on any atom is -0.487 e. The van der Waals surface area contributed by atoms with Crippen molar-refractivity contribution in [3.63, 3.8) is 0 Å². The van der Waals surface area contributed by atoms with Crippen LogP contribution in [0.25, 0.3) is 16.7 Å². The van der Waals surface area contributed by atoms with Crippen LogP contribution in [0.2, 0.25) is 0 Å².